The van der Waals surface area contributed by atoms with Crippen molar-refractivity contribution in [3.05, 3.63) is 83.9 Å². The van der Waals surface area contributed by atoms with Gasteiger partial charge in [-0.25, -0.2) is 0 Å². The molecular weight excluding hydrogens is 549 g/mol. The lowest BCUT2D eigenvalue weighted by Crippen LogP contribution is -2.43. The van der Waals surface area contributed by atoms with E-state index < -0.39 is 16.1 Å². The van der Waals surface area contributed by atoms with Gasteiger partial charge in [0.25, 0.3) is 0 Å². The molecule has 4 rings (SSSR count). The van der Waals surface area contributed by atoms with Crippen LogP contribution in [-0.2, 0) is 0 Å². The van der Waals surface area contributed by atoms with E-state index >= 15 is 0 Å². The third-order valence-electron chi connectivity index (χ3n) is 10.4. The molecule has 0 fully saturated rings. The molecule has 4 aromatic carbocycles. The van der Waals surface area contributed by atoms with E-state index in [1.807, 2.05) is 12.2 Å². The Kier molecular flexibility index (Phi) is 9.96. The average molecular weight is 599 g/mol. The van der Waals surface area contributed by atoms with Gasteiger partial charge in [0.1, 0.15) is 16.1 Å². The van der Waals surface area contributed by atoms with Crippen molar-refractivity contribution in [3.8, 4) is 22.9 Å². The summed E-state index contributed by atoms with van der Waals surface area (Å²) in [5, 5.41) is 7.25. The summed E-state index contributed by atoms with van der Waals surface area (Å²) in [5.74, 6) is 7.76. The first kappa shape index (κ1) is 32.6. The van der Waals surface area contributed by atoms with Crippen LogP contribution >= 0.6 is 0 Å². The van der Waals surface area contributed by atoms with Gasteiger partial charge < -0.3 is 0 Å². The molecule has 0 saturated carbocycles. The normalized spacial score (nSPS) is 12.1. The van der Waals surface area contributed by atoms with Crippen LogP contribution < -0.4 is 0 Å². The Bertz CT molecular complexity index is 1780. The standard InChI is InChI=1S/C41H50Si2/c1-12-32-25-38-36(21-23-42(14-3,15-4)16-5)40-27-34-19-17-18-20-35(34)28-41(40)37(39(38)26-33(32)13-2)22-24-43(29(6)7,30(8)9)31(10)11/h12-13,17-20,25-31H,1-2,14-16H2,3-11H3. The summed E-state index contributed by atoms with van der Waals surface area (Å²) in [6.07, 6.45) is 3.89. The predicted molar refractivity (Wildman–Crippen MR) is 201 cm³/mol. The van der Waals surface area contributed by atoms with Crippen LogP contribution in [0.15, 0.2) is 61.7 Å². The lowest BCUT2D eigenvalue weighted by molar-refractivity contribution is 0.838. The summed E-state index contributed by atoms with van der Waals surface area (Å²) < 4.78 is 0. The number of rotatable bonds is 8. The second-order valence-corrected chi connectivity index (χ2v) is 23.7. The minimum absolute atomic E-state index is 0.565. The lowest BCUT2D eigenvalue weighted by Gasteiger charge is -2.38. The molecule has 0 bridgehead atoms. The first-order valence-electron chi connectivity index (χ1n) is 16.3. The Morgan fingerprint density at radius 1 is 0.605 bits per heavy atom. The molecule has 0 N–H and O–H groups in total. The molecule has 222 valence electrons. The fourth-order valence-electron chi connectivity index (χ4n) is 7.43. The Hall–Kier alpha value is -3.31. The predicted octanol–water partition coefficient (Wildman–Crippen LogP) is 12.4. The van der Waals surface area contributed by atoms with Gasteiger partial charge in [-0.15, -0.1) is 11.1 Å². The number of hydrogen-bond acceptors (Lipinski definition) is 0. The summed E-state index contributed by atoms with van der Waals surface area (Å²) in [4.78, 5) is 0. The van der Waals surface area contributed by atoms with Crippen molar-refractivity contribution in [1.29, 1.82) is 0 Å². The Labute approximate surface area is 263 Å². The first-order chi connectivity index (χ1) is 20.5. The van der Waals surface area contributed by atoms with Crippen molar-refractivity contribution in [2.75, 3.05) is 0 Å². The van der Waals surface area contributed by atoms with E-state index in [0.29, 0.717) is 16.6 Å². The van der Waals surface area contributed by atoms with Gasteiger partial charge in [0.15, 0.2) is 0 Å². The largest absolute Gasteiger partial charge is 0.146 e. The fourth-order valence-corrected chi connectivity index (χ4v) is 15.1. The van der Waals surface area contributed by atoms with Crippen molar-refractivity contribution in [2.45, 2.75) is 97.1 Å². The van der Waals surface area contributed by atoms with Crippen molar-refractivity contribution >= 4 is 60.6 Å². The summed E-state index contributed by atoms with van der Waals surface area (Å²) in [6, 6.07) is 21.5. The highest BCUT2D eigenvalue weighted by molar-refractivity contribution is 6.90. The molecule has 0 unspecified atom stereocenters. The molecule has 0 nitrogen and oxygen atoms in total. The number of benzene rings is 4. The van der Waals surface area contributed by atoms with E-state index in [2.05, 4.69) is 147 Å². The van der Waals surface area contributed by atoms with Crippen LogP contribution in [0.5, 0.6) is 0 Å². The van der Waals surface area contributed by atoms with Crippen LogP contribution in [0.2, 0.25) is 34.8 Å². The van der Waals surface area contributed by atoms with Gasteiger partial charge in [0.05, 0.1) is 0 Å². The lowest BCUT2D eigenvalue weighted by atomic mass is 9.88. The minimum Gasteiger partial charge on any atom is -0.126 e. The highest BCUT2D eigenvalue weighted by Gasteiger charge is 2.41. The SMILES string of the molecule is C=Cc1cc2c(C#C[Si](CC)(CC)CC)c3cc4ccccc4cc3c(C#C[Si](C(C)C)(C(C)C)C(C)C)c2cc1C=C. The zero-order valence-electron chi connectivity index (χ0n) is 28.0. The summed E-state index contributed by atoms with van der Waals surface area (Å²) in [6.45, 7) is 29.6. The molecule has 4 aromatic rings. The van der Waals surface area contributed by atoms with Gasteiger partial charge >= 0.3 is 0 Å². The molecule has 0 radical (unpaired) electrons. The van der Waals surface area contributed by atoms with Gasteiger partial charge in [-0.1, -0.05) is 124 Å². The van der Waals surface area contributed by atoms with E-state index in [0.717, 1.165) is 22.3 Å². The van der Waals surface area contributed by atoms with E-state index in [9.17, 15) is 0 Å². The second-order valence-electron chi connectivity index (χ2n) is 13.2. The zero-order chi connectivity index (χ0) is 31.5. The fraction of sp³-hybridized carbons (Fsp3) is 0.366. The van der Waals surface area contributed by atoms with Gasteiger partial charge in [-0.05, 0) is 102 Å². The first-order valence-corrected chi connectivity index (χ1v) is 21.1. The average Bonchev–Trinajstić information content (AvgIpc) is 3.00. The third kappa shape index (κ3) is 5.81. The Morgan fingerprint density at radius 2 is 0.977 bits per heavy atom. The highest BCUT2D eigenvalue weighted by Crippen LogP contribution is 2.42. The molecule has 2 heteroatoms. The maximum absolute atomic E-state index is 4.16. The highest BCUT2D eigenvalue weighted by atomic mass is 28.3. The van der Waals surface area contributed by atoms with Gasteiger partial charge in [0, 0.05) is 11.1 Å². The molecule has 0 heterocycles. The topological polar surface area (TPSA) is 0 Å². The van der Waals surface area contributed by atoms with Crippen LogP contribution in [0.4, 0.5) is 0 Å². The Morgan fingerprint density at radius 3 is 1.33 bits per heavy atom. The van der Waals surface area contributed by atoms with Gasteiger partial charge in [-0.2, -0.15) is 0 Å². The Balaban J connectivity index is 2.30. The summed E-state index contributed by atoms with van der Waals surface area (Å²) >= 11 is 0. The van der Waals surface area contributed by atoms with Gasteiger partial charge in [0.2, 0.25) is 0 Å². The van der Waals surface area contributed by atoms with Crippen molar-refractivity contribution in [2.24, 2.45) is 0 Å². The monoisotopic (exact) mass is 598 g/mol. The molecular formula is C41H50Si2. The molecule has 0 aliphatic carbocycles. The number of hydrogen-bond donors (Lipinski definition) is 0. The minimum atomic E-state index is -1.97. The van der Waals surface area contributed by atoms with E-state index in [4.69, 9.17) is 0 Å². The van der Waals surface area contributed by atoms with Crippen LogP contribution in [0.1, 0.15) is 84.6 Å². The smallest absolute Gasteiger partial charge is 0.126 e. The summed E-state index contributed by atoms with van der Waals surface area (Å²) in [5.41, 5.74) is 14.1. The maximum atomic E-state index is 4.16. The molecule has 0 aliphatic rings. The second kappa shape index (κ2) is 13.1. The van der Waals surface area contributed by atoms with Crippen molar-refractivity contribution in [1.82, 2.24) is 0 Å². The van der Waals surface area contributed by atoms with Crippen molar-refractivity contribution < 1.29 is 0 Å². The van der Waals surface area contributed by atoms with Crippen LogP contribution in [0.3, 0.4) is 0 Å². The van der Waals surface area contributed by atoms with Crippen LogP contribution in [0.25, 0.3) is 44.5 Å². The number of fused-ring (bicyclic) bond motifs is 3. The molecule has 0 aliphatic heterocycles. The molecule has 0 amide bonds. The van der Waals surface area contributed by atoms with E-state index in [-0.39, 0.29) is 0 Å². The third-order valence-corrected chi connectivity index (χ3v) is 21.4. The molecule has 43 heavy (non-hydrogen) atoms. The zero-order valence-corrected chi connectivity index (χ0v) is 30.0. The van der Waals surface area contributed by atoms with E-state index in [1.165, 1.54) is 50.4 Å². The quantitative estimate of drug-likeness (QED) is 0.107. The molecule has 0 aromatic heterocycles. The van der Waals surface area contributed by atoms with Crippen LogP contribution in [-0.4, -0.2) is 16.1 Å². The van der Waals surface area contributed by atoms with E-state index in [1.54, 1.807) is 0 Å². The summed E-state index contributed by atoms with van der Waals surface area (Å²) in [7, 11) is -3.65. The van der Waals surface area contributed by atoms with Gasteiger partial charge in [-0.3, -0.25) is 0 Å². The molecule has 0 atom stereocenters. The molecule has 0 spiro atoms. The van der Waals surface area contributed by atoms with Crippen LogP contribution in [0, 0.1) is 22.9 Å². The maximum Gasteiger partial charge on any atom is 0.146 e. The van der Waals surface area contributed by atoms with Crippen molar-refractivity contribution in [3.63, 3.8) is 0 Å². The molecule has 0 saturated heterocycles.